The predicted molar refractivity (Wildman–Crippen MR) is 52.4 cm³/mol. The van der Waals surface area contributed by atoms with E-state index in [1.807, 2.05) is 19.2 Å². The molecule has 1 rings (SSSR count). The van der Waals surface area contributed by atoms with Crippen LogP contribution in [0.4, 0.5) is 0 Å². The van der Waals surface area contributed by atoms with Crippen molar-refractivity contribution in [1.82, 2.24) is 4.98 Å². The van der Waals surface area contributed by atoms with E-state index in [-0.39, 0.29) is 6.04 Å². The van der Waals surface area contributed by atoms with Crippen LogP contribution in [0.25, 0.3) is 0 Å². The molecule has 0 radical (unpaired) electrons. The summed E-state index contributed by atoms with van der Waals surface area (Å²) in [6.07, 6.45) is 4.45. The minimum absolute atomic E-state index is 0.0358. The van der Waals surface area contributed by atoms with Crippen LogP contribution in [0, 0.1) is 6.92 Å². The molecular formula is C10H16N2O. The maximum absolute atomic E-state index is 5.96. The quantitative estimate of drug-likeness (QED) is 0.762. The highest BCUT2D eigenvalue weighted by Crippen LogP contribution is 2.16. The van der Waals surface area contributed by atoms with E-state index in [0.29, 0.717) is 6.61 Å². The molecule has 0 spiro atoms. The number of aromatic nitrogens is 1. The summed E-state index contributed by atoms with van der Waals surface area (Å²) in [7, 11) is 1.68. The molecule has 1 aromatic heterocycles. The van der Waals surface area contributed by atoms with Crippen LogP contribution >= 0.6 is 0 Å². The highest BCUT2D eigenvalue weighted by Gasteiger charge is 2.07. The number of methoxy groups -OCH3 is 1. The van der Waals surface area contributed by atoms with Crippen molar-refractivity contribution in [2.75, 3.05) is 13.7 Å². The van der Waals surface area contributed by atoms with E-state index in [1.165, 1.54) is 5.56 Å². The van der Waals surface area contributed by atoms with Crippen molar-refractivity contribution in [3.63, 3.8) is 0 Å². The summed E-state index contributed by atoms with van der Waals surface area (Å²) >= 11 is 0. The van der Waals surface area contributed by atoms with Gasteiger partial charge in [0.2, 0.25) is 0 Å². The number of aryl methyl sites for hydroxylation is 1. The first-order valence-corrected chi connectivity index (χ1v) is 4.40. The molecule has 0 amide bonds. The number of nitrogens with zero attached hydrogens (tertiary/aromatic N) is 1. The molecule has 0 bridgehead atoms. The smallest absolute Gasteiger partial charge is 0.0480 e. The van der Waals surface area contributed by atoms with E-state index in [0.717, 1.165) is 12.0 Å². The lowest BCUT2D eigenvalue weighted by Crippen LogP contribution is -2.14. The summed E-state index contributed by atoms with van der Waals surface area (Å²) in [5, 5.41) is 0. The molecular weight excluding hydrogens is 164 g/mol. The van der Waals surface area contributed by atoms with E-state index in [4.69, 9.17) is 10.5 Å². The third kappa shape index (κ3) is 2.79. The van der Waals surface area contributed by atoms with Gasteiger partial charge in [-0.1, -0.05) is 0 Å². The molecule has 1 atom stereocenters. The third-order valence-electron chi connectivity index (χ3n) is 2.11. The van der Waals surface area contributed by atoms with Crippen LogP contribution in [0.3, 0.4) is 0 Å². The Morgan fingerprint density at radius 1 is 1.62 bits per heavy atom. The second-order valence-corrected chi connectivity index (χ2v) is 3.12. The minimum Gasteiger partial charge on any atom is -0.385 e. The number of hydrogen-bond donors (Lipinski definition) is 1. The molecule has 2 N–H and O–H groups in total. The van der Waals surface area contributed by atoms with Crippen molar-refractivity contribution in [3.8, 4) is 0 Å². The average Bonchev–Trinajstić information content (AvgIpc) is 2.15. The third-order valence-corrected chi connectivity index (χ3v) is 2.11. The van der Waals surface area contributed by atoms with E-state index in [2.05, 4.69) is 4.98 Å². The predicted octanol–water partition coefficient (Wildman–Crippen LogP) is 1.43. The molecule has 0 aliphatic rings. The maximum atomic E-state index is 5.96. The van der Waals surface area contributed by atoms with Crippen molar-refractivity contribution in [2.45, 2.75) is 19.4 Å². The molecule has 72 valence electrons. The van der Waals surface area contributed by atoms with Crippen molar-refractivity contribution >= 4 is 0 Å². The lowest BCUT2D eigenvalue weighted by atomic mass is 10.0. The van der Waals surface area contributed by atoms with Crippen LogP contribution in [-0.2, 0) is 4.74 Å². The van der Waals surface area contributed by atoms with Crippen molar-refractivity contribution < 1.29 is 4.74 Å². The monoisotopic (exact) mass is 180 g/mol. The Morgan fingerprint density at radius 3 is 3.00 bits per heavy atom. The van der Waals surface area contributed by atoms with E-state index >= 15 is 0 Å². The fraction of sp³-hybridized carbons (Fsp3) is 0.500. The van der Waals surface area contributed by atoms with Crippen LogP contribution in [0.2, 0.25) is 0 Å². The van der Waals surface area contributed by atoms with Gasteiger partial charge >= 0.3 is 0 Å². The molecule has 0 aliphatic carbocycles. The Hall–Kier alpha value is -0.930. The van der Waals surface area contributed by atoms with Crippen LogP contribution in [0.15, 0.2) is 18.5 Å². The van der Waals surface area contributed by atoms with Crippen molar-refractivity contribution in [3.05, 3.63) is 29.6 Å². The van der Waals surface area contributed by atoms with Gasteiger partial charge in [-0.05, 0) is 30.5 Å². The van der Waals surface area contributed by atoms with Gasteiger partial charge in [0.1, 0.15) is 0 Å². The van der Waals surface area contributed by atoms with Gasteiger partial charge in [-0.15, -0.1) is 0 Å². The Bertz CT molecular complexity index is 263. The fourth-order valence-electron chi connectivity index (χ4n) is 1.26. The van der Waals surface area contributed by atoms with Gasteiger partial charge in [-0.25, -0.2) is 0 Å². The first-order valence-electron chi connectivity index (χ1n) is 4.40. The van der Waals surface area contributed by atoms with Crippen molar-refractivity contribution in [1.29, 1.82) is 0 Å². The van der Waals surface area contributed by atoms with Crippen LogP contribution in [-0.4, -0.2) is 18.7 Å². The normalized spacial score (nSPS) is 12.8. The standard InChI is InChI=1S/C10H16N2O/c1-8-3-5-12-7-9(8)10(11)4-6-13-2/h3,5,7,10H,4,6,11H2,1-2H3. The Labute approximate surface area is 78.9 Å². The first-order chi connectivity index (χ1) is 6.25. The Kier molecular flexibility index (Phi) is 3.86. The Balaban J connectivity index is 2.65. The largest absolute Gasteiger partial charge is 0.385 e. The molecule has 0 saturated carbocycles. The van der Waals surface area contributed by atoms with Crippen molar-refractivity contribution in [2.24, 2.45) is 5.73 Å². The Morgan fingerprint density at radius 2 is 2.38 bits per heavy atom. The number of ether oxygens (including phenoxy) is 1. The van der Waals surface area contributed by atoms with E-state index in [9.17, 15) is 0 Å². The van der Waals surface area contributed by atoms with Crippen LogP contribution in [0.1, 0.15) is 23.6 Å². The zero-order valence-electron chi connectivity index (χ0n) is 8.16. The first kappa shape index (κ1) is 10.2. The van der Waals surface area contributed by atoms with Gasteiger partial charge in [-0.2, -0.15) is 0 Å². The molecule has 0 saturated heterocycles. The second-order valence-electron chi connectivity index (χ2n) is 3.12. The van der Waals surface area contributed by atoms with Gasteiger partial charge in [0.25, 0.3) is 0 Å². The second kappa shape index (κ2) is 4.94. The van der Waals surface area contributed by atoms with Gasteiger partial charge in [0, 0.05) is 32.2 Å². The molecule has 0 aliphatic heterocycles. The van der Waals surface area contributed by atoms with Crippen LogP contribution in [0.5, 0.6) is 0 Å². The molecule has 0 aromatic carbocycles. The molecule has 3 nitrogen and oxygen atoms in total. The topological polar surface area (TPSA) is 48.1 Å². The molecule has 1 heterocycles. The summed E-state index contributed by atoms with van der Waals surface area (Å²) in [6.45, 7) is 2.74. The molecule has 1 unspecified atom stereocenters. The molecule has 1 aromatic rings. The number of nitrogens with two attached hydrogens (primary N) is 1. The fourth-order valence-corrected chi connectivity index (χ4v) is 1.26. The van der Waals surface area contributed by atoms with Gasteiger partial charge in [0.05, 0.1) is 0 Å². The lowest BCUT2D eigenvalue weighted by Gasteiger charge is -2.12. The van der Waals surface area contributed by atoms with Gasteiger partial charge in [0.15, 0.2) is 0 Å². The number of pyridine rings is 1. The van der Waals surface area contributed by atoms with E-state index < -0.39 is 0 Å². The zero-order valence-corrected chi connectivity index (χ0v) is 8.16. The minimum atomic E-state index is 0.0358. The summed E-state index contributed by atoms with van der Waals surface area (Å²) in [5.41, 5.74) is 8.27. The lowest BCUT2D eigenvalue weighted by molar-refractivity contribution is 0.188. The maximum Gasteiger partial charge on any atom is 0.0480 e. The zero-order chi connectivity index (χ0) is 9.68. The highest BCUT2D eigenvalue weighted by molar-refractivity contribution is 5.24. The molecule has 0 fully saturated rings. The van der Waals surface area contributed by atoms with E-state index in [1.54, 1.807) is 13.3 Å². The molecule has 3 heteroatoms. The highest BCUT2D eigenvalue weighted by atomic mass is 16.5. The SMILES string of the molecule is COCCC(N)c1cnccc1C. The number of hydrogen-bond acceptors (Lipinski definition) is 3. The van der Waals surface area contributed by atoms with Crippen LogP contribution < -0.4 is 5.73 Å². The summed E-state index contributed by atoms with van der Waals surface area (Å²) < 4.78 is 4.97. The van der Waals surface area contributed by atoms with Gasteiger partial charge in [-0.3, -0.25) is 4.98 Å². The summed E-state index contributed by atoms with van der Waals surface area (Å²) in [4.78, 5) is 4.05. The van der Waals surface area contributed by atoms with Gasteiger partial charge < -0.3 is 10.5 Å². The number of rotatable bonds is 4. The summed E-state index contributed by atoms with van der Waals surface area (Å²) in [6, 6.07) is 2.01. The molecule has 13 heavy (non-hydrogen) atoms. The summed E-state index contributed by atoms with van der Waals surface area (Å²) in [5.74, 6) is 0. The average molecular weight is 180 g/mol.